The molecule has 3 heterocycles. The van der Waals surface area contributed by atoms with Crippen LogP contribution in [0.1, 0.15) is 42.7 Å². The molecule has 1 aliphatic heterocycles. The van der Waals surface area contributed by atoms with Gasteiger partial charge in [-0.2, -0.15) is 0 Å². The molecular formula is C32H29F2N3O4. The van der Waals surface area contributed by atoms with Gasteiger partial charge in [0.25, 0.3) is 0 Å². The van der Waals surface area contributed by atoms with E-state index in [1.807, 2.05) is 31.2 Å². The normalized spacial score (nSPS) is 16.0. The van der Waals surface area contributed by atoms with Gasteiger partial charge in [0.2, 0.25) is 0 Å². The highest BCUT2D eigenvalue weighted by molar-refractivity contribution is 5.85. The molecule has 0 radical (unpaired) electrons. The minimum absolute atomic E-state index is 0.0841. The van der Waals surface area contributed by atoms with Crippen LogP contribution >= 0.6 is 0 Å². The van der Waals surface area contributed by atoms with Crippen molar-refractivity contribution in [2.75, 3.05) is 13.2 Å². The Hall–Kier alpha value is -4.66. The van der Waals surface area contributed by atoms with E-state index < -0.39 is 17.0 Å². The molecule has 0 fully saturated rings. The maximum Gasteiger partial charge on any atom is 0.306 e. The predicted octanol–water partition coefficient (Wildman–Crippen LogP) is 7.13. The number of carbonyl (C=O) groups excluding carboxylic acids is 1. The van der Waals surface area contributed by atoms with E-state index >= 15 is 4.39 Å². The van der Waals surface area contributed by atoms with E-state index in [-0.39, 0.29) is 29.5 Å². The highest BCUT2D eigenvalue weighted by Crippen LogP contribution is 2.45. The molecule has 41 heavy (non-hydrogen) atoms. The van der Waals surface area contributed by atoms with Crippen molar-refractivity contribution < 1.29 is 27.8 Å². The molecule has 0 bridgehead atoms. The molecule has 0 aliphatic carbocycles. The summed E-state index contributed by atoms with van der Waals surface area (Å²) in [6.07, 6.45) is 4.18. The van der Waals surface area contributed by atoms with E-state index in [0.717, 1.165) is 28.0 Å². The number of nitrogens with zero attached hydrogens (tertiary/aromatic N) is 1. The molecule has 0 saturated heterocycles. The molecule has 2 N–H and O–H groups in total. The van der Waals surface area contributed by atoms with Crippen LogP contribution in [0.4, 0.5) is 8.78 Å². The van der Waals surface area contributed by atoms with Crippen molar-refractivity contribution in [2.45, 2.75) is 39.0 Å². The number of benzene rings is 3. The lowest BCUT2D eigenvalue weighted by Crippen LogP contribution is -2.25. The summed E-state index contributed by atoms with van der Waals surface area (Å²) >= 11 is 0. The first kappa shape index (κ1) is 26.6. The van der Waals surface area contributed by atoms with Crippen LogP contribution in [-0.4, -0.2) is 34.1 Å². The molecule has 1 unspecified atom stereocenters. The van der Waals surface area contributed by atoms with Gasteiger partial charge >= 0.3 is 5.97 Å². The molecule has 2 aromatic heterocycles. The Morgan fingerprint density at radius 1 is 1.15 bits per heavy atom. The number of aromatic nitrogens is 3. The number of imidazole rings is 1. The zero-order valence-corrected chi connectivity index (χ0v) is 22.9. The second kappa shape index (κ2) is 10.4. The number of carbonyl (C=O) groups is 1. The average Bonchev–Trinajstić information content (AvgIpc) is 3.71. The van der Waals surface area contributed by atoms with Crippen molar-refractivity contribution in [3.63, 3.8) is 0 Å². The number of aromatic amines is 2. The van der Waals surface area contributed by atoms with Crippen LogP contribution in [0.15, 0.2) is 60.9 Å². The third-order valence-electron chi connectivity index (χ3n) is 7.69. The molecule has 5 aromatic rings. The van der Waals surface area contributed by atoms with E-state index in [1.54, 1.807) is 26.2 Å². The molecular weight excluding hydrogens is 528 g/mol. The molecule has 3 aromatic carbocycles. The number of hydrogen-bond donors (Lipinski definition) is 2. The first-order chi connectivity index (χ1) is 19.8. The number of nitrogens with one attached hydrogen (secondary N) is 2. The van der Waals surface area contributed by atoms with Crippen LogP contribution < -0.4 is 9.47 Å². The minimum atomic E-state index is -0.572. The van der Waals surface area contributed by atoms with Gasteiger partial charge in [-0.25, -0.2) is 13.8 Å². The van der Waals surface area contributed by atoms with Crippen LogP contribution in [0.3, 0.4) is 0 Å². The van der Waals surface area contributed by atoms with Gasteiger partial charge in [0, 0.05) is 52.6 Å². The number of esters is 1. The predicted molar refractivity (Wildman–Crippen MR) is 150 cm³/mol. The van der Waals surface area contributed by atoms with Crippen molar-refractivity contribution in [2.24, 2.45) is 0 Å². The Morgan fingerprint density at radius 2 is 2.00 bits per heavy atom. The van der Waals surface area contributed by atoms with Crippen LogP contribution in [0.2, 0.25) is 0 Å². The second-order valence-corrected chi connectivity index (χ2v) is 10.4. The van der Waals surface area contributed by atoms with E-state index in [1.165, 1.54) is 24.3 Å². The first-order valence-electron chi connectivity index (χ1n) is 13.5. The number of para-hydroxylation sites is 1. The fraction of sp³-hybridized carbons (Fsp3) is 0.250. The number of H-pyrrole nitrogens is 2. The Labute approximate surface area is 235 Å². The summed E-state index contributed by atoms with van der Waals surface area (Å²) in [6, 6.07) is 13.4. The quantitative estimate of drug-likeness (QED) is 0.198. The van der Waals surface area contributed by atoms with Gasteiger partial charge in [0.05, 0.1) is 17.6 Å². The first-order valence-corrected chi connectivity index (χ1v) is 13.5. The molecule has 7 nitrogen and oxygen atoms in total. The van der Waals surface area contributed by atoms with Crippen LogP contribution in [0.5, 0.6) is 17.2 Å². The number of fused-ring (bicyclic) bond motifs is 2. The lowest BCUT2D eigenvalue weighted by molar-refractivity contribution is -0.143. The number of hydrogen-bond acceptors (Lipinski definition) is 5. The summed E-state index contributed by atoms with van der Waals surface area (Å²) in [4.78, 5) is 22.7. The smallest absolute Gasteiger partial charge is 0.306 e. The van der Waals surface area contributed by atoms with Crippen LogP contribution in [-0.2, 0) is 21.4 Å². The number of rotatable bonds is 8. The molecule has 9 heteroatoms. The lowest BCUT2D eigenvalue weighted by atomic mass is 9.81. The SMILES string of the molecule is CCOC(=O)CCc1cccc2c1OCC2(C)c1cnc(-c2cc(Oc3c(F)cc4[nH]ccc4c3C)ccc2F)[nH]1. The summed E-state index contributed by atoms with van der Waals surface area (Å²) < 4.78 is 47.0. The Balaban J connectivity index is 1.28. The van der Waals surface area contributed by atoms with Gasteiger partial charge in [0.15, 0.2) is 11.6 Å². The molecule has 210 valence electrons. The fourth-order valence-electron chi connectivity index (χ4n) is 5.43. The second-order valence-electron chi connectivity index (χ2n) is 10.4. The summed E-state index contributed by atoms with van der Waals surface area (Å²) in [6.45, 7) is 6.29. The maximum atomic E-state index is 15.0. The zero-order chi connectivity index (χ0) is 28.7. The highest BCUT2D eigenvalue weighted by Gasteiger charge is 2.40. The molecule has 0 spiro atoms. The standard InChI is InChI=1S/C32H29F2N3O4/c1-4-39-28(38)11-8-19-6-5-7-23-30(19)40-17-32(23,3)27-16-36-31(37-27)22-14-20(9-10-24(22)33)41-29-18(2)21-12-13-35-26(21)15-25(29)34/h5-7,9-10,12-16,35H,4,8,11,17H2,1-3H3,(H,36,37). The summed E-state index contributed by atoms with van der Waals surface area (Å²) in [7, 11) is 0. The van der Waals surface area contributed by atoms with Crippen molar-refractivity contribution in [1.82, 2.24) is 15.0 Å². The molecule has 6 rings (SSSR count). The Bertz CT molecular complexity index is 1780. The number of aryl methyl sites for hydroxylation is 2. The van der Waals surface area contributed by atoms with E-state index in [0.29, 0.717) is 36.5 Å². The maximum absolute atomic E-state index is 15.0. The van der Waals surface area contributed by atoms with Crippen LogP contribution in [0, 0.1) is 18.6 Å². The third kappa shape index (κ3) is 4.71. The van der Waals surface area contributed by atoms with E-state index in [2.05, 4.69) is 15.0 Å². The summed E-state index contributed by atoms with van der Waals surface area (Å²) in [5.74, 6) is 0.163. The number of halogens is 2. The molecule has 1 aliphatic rings. The third-order valence-corrected chi connectivity index (χ3v) is 7.69. The molecule has 1 atom stereocenters. The van der Waals surface area contributed by atoms with Crippen molar-refractivity contribution >= 4 is 16.9 Å². The minimum Gasteiger partial charge on any atom is -0.492 e. The number of ether oxygens (including phenoxy) is 3. The van der Waals surface area contributed by atoms with Crippen LogP contribution in [0.25, 0.3) is 22.3 Å². The average molecular weight is 558 g/mol. The van der Waals surface area contributed by atoms with E-state index in [4.69, 9.17) is 14.2 Å². The fourth-order valence-corrected chi connectivity index (χ4v) is 5.43. The highest BCUT2D eigenvalue weighted by atomic mass is 19.1. The van der Waals surface area contributed by atoms with Gasteiger partial charge in [0.1, 0.15) is 29.7 Å². The molecule has 0 amide bonds. The lowest BCUT2D eigenvalue weighted by Gasteiger charge is -2.21. The Morgan fingerprint density at radius 3 is 2.83 bits per heavy atom. The van der Waals surface area contributed by atoms with Gasteiger partial charge in [-0.1, -0.05) is 18.2 Å². The van der Waals surface area contributed by atoms with Gasteiger partial charge in [-0.05, 0) is 57.0 Å². The molecule has 0 saturated carbocycles. The summed E-state index contributed by atoms with van der Waals surface area (Å²) in [5, 5.41) is 0.843. The van der Waals surface area contributed by atoms with E-state index in [9.17, 15) is 9.18 Å². The largest absolute Gasteiger partial charge is 0.492 e. The zero-order valence-electron chi connectivity index (χ0n) is 22.9. The van der Waals surface area contributed by atoms with Gasteiger partial charge in [-0.3, -0.25) is 4.79 Å². The van der Waals surface area contributed by atoms with Gasteiger partial charge < -0.3 is 24.2 Å². The Kier molecular flexibility index (Phi) is 6.73. The van der Waals surface area contributed by atoms with Crippen molar-refractivity contribution in [1.29, 1.82) is 0 Å². The summed E-state index contributed by atoms with van der Waals surface area (Å²) in [5.41, 5.74) is 3.57. The topological polar surface area (TPSA) is 89.2 Å². The van der Waals surface area contributed by atoms with Gasteiger partial charge in [-0.15, -0.1) is 0 Å². The van der Waals surface area contributed by atoms with Crippen molar-refractivity contribution in [3.8, 4) is 28.6 Å². The van der Waals surface area contributed by atoms with Crippen molar-refractivity contribution in [3.05, 3.63) is 94.9 Å². The monoisotopic (exact) mass is 557 g/mol.